The Morgan fingerprint density at radius 1 is 1.23 bits per heavy atom. The zero-order valence-electron chi connectivity index (χ0n) is 15.6. The molecule has 152 valence electrons. The lowest BCUT2D eigenvalue weighted by Gasteiger charge is -2.08. The first kappa shape index (κ1) is 19.1. The Morgan fingerprint density at radius 2 is 2.00 bits per heavy atom. The Hall–Kier alpha value is -4.21. The first-order valence-electron chi connectivity index (χ1n) is 8.87. The van der Waals surface area contributed by atoms with E-state index in [0.717, 1.165) is 0 Å². The molecule has 0 saturated heterocycles. The molecule has 4 rings (SSSR count). The van der Waals surface area contributed by atoms with Gasteiger partial charge in [-0.3, -0.25) is 14.9 Å². The zero-order valence-corrected chi connectivity index (χ0v) is 15.6. The molecule has 0 aliphatic carbocycles. The summed E-state index contributed by atoms with van der Waals surface area (Å²) in [6.07, 6.45) is 0.611. The van der Waals surface area contributed by atoms with Crippen LogP contribution in [-0.4, -0.2) is 26.2 Å². The van der Waals surface area contributed by atoms with Crippen molar-refractivity contribution in [1.82, 2.24) is 10.2 Å². The maximum atomic E-state index is 12.3. The number of carbonyl (C=O) groups is 1. The minimum Gasteiger partial charge on any atom is -0.508 e. The van der Waals surface area contributed by atoms with E-state index in [1.807, 2.05) is 0 Å². The minimum absolute atomic E-state index is 0.0362. The van der Waals surface area contributed by atoms with Crippen molar-refractivity contribution in [2.24, 2.45) is 0 Å². The summed E-state index contributed by atoms with van der Waals surface area (Å²) in [7, 11) is 0. The second-order valence-electron chi connectivity index (χ2n) is 6.50. The molecule has 2 heterocycles. The van der Waals surface area contributed by atoms with Gasteiger partial charge in [0.25, 0.3) is 11.6 Å². The molecule has 2 aromatic heterocycles. The number of carbonyl (C=O) groups excluding carboxylic acids is 1. The summed E-state index contributed by atoms with van der Waals surface area (Å²) < 4.78 is 16.2. The molecular weight excluding hydrogens is 394 g/mol. The van der Waals surface area contributed by atoms with Gasteiger partial charge in [0.2, 0.25) is 5.89 Å². The van der Waals surface area contributed by atoms with Gasteiger partial charge in [-0.1, -0.05) is 0 Å². The number of rotatable bonds is 6. The molecular formula is C20H15N3O7. The number of benzene rings is 2. The van der Waals surface area contributed by atoms with Crippen LogP contribution in [0.15, 0.2) is 57.6 Å². The molecule has 0 radical (unpaired) electrons. The number of fused-ring (bicyclic) bond motifs is 1. The standard InChI is InChI=1S/C20H15N3O7/c1-11(19-21-22-20(30-19)12-2-4-14(5-3-12)23(26)27)29-18(25)8-13-10-28-17-9-15(24)6-7-16(13)17/h2-7,9-11,24H,8H2,1H3/t11-/m1/s1. The lowest BCUT2D eigenvalue weighted by atomic mass is 10.1. The molecule has 1 N–H and O–H groups in total. The van der Waals surface area contributed by atoms with E-state index in [1.54, 1.807) is 13.0 Å². The smallest absolute Gasteiger partial charge is 0.311 e. The molecule has 0 saturated carbocycles. The zero-order chi connectivity index (χ0) is 21.3. The van der Waals surface area contributed by atoms with E-state index in [2.05, 4.69) is 10.2 Å². The second-order valence-corrected chi connectivity index (χ2v) is 6.50. The molecule has 10 heteroatoms. The third kappa shape index (κ3) is 3.83. The van der Waals surface area contributed by atoms with E-state index in [9.17, 15) is 20.0 Å². The van der Waals surface area contributed by atoms with Crippen LogP contribution in [0.3, 0.4) is 0 Å². The molecule has 0 spiro atoms. The number of nitro benzene ring substituents is 1. The number of hydrogen-bond donors (Lipinski definition) is 1. The van der Waals surface area contributed by atoms with Crippen LogP contribution in [0.2, 0.25) is 0 Å². The number of aromatic hydroxyl groups is 1. The van der Waals surface area contributed by atoms with Gasteiger partial charge < -0.3 is 18.7 Å². The number of ether oxygens (including phenoxy) is 1. The van der Waals surface area contributed by atoms with Gasteiger partial charge in [0, 0.05) is 34.7 Å². The molecule has 0 bridgehead atoms. The van der Waals surface area contributed by atoms with Gasteiger partial charge in [-0.05, 0) is 31.2 Å². The molecule has 4 aromatic rings. The first-order chi connectivity index (χ1) is 14.4. The number of phenolic OH excluding ortho intramolecular Hbond substituents is 1. The van der Waals surface area contributed by atoms with Crippen LogP contribution in [0.4, 0.5) is 5.69 Å². The van der Waals surface area contributed by atoms with Crippen LogP contribution in [0.5, 0.6) is 5.75 Å². The number of furan rings is 1. The lowest BCUT2D eigenvalue weighted by Crippen LogP contribution is -2.11. The fraction of sp³-hybridized carbons (Fsp3) is 0.150. The molecule has 10 nitrogen and oxygen atoms in total. The second kappa shape index (κ2) is 7.66. The van der Waals surface area contributed by atoms with Crippen molar-refractivity contribution in [2.45, 2.75) is 19.4 Å². The quantitative estimate of drug-likeness (QED) is 0.284. The molecule has 0 aliphatic heterocycles. The largest absolute Gasteiger partial charge is 0.508 e. The summed E-state index contributed by atoms with van der Waals surface area (Å²) in [5.41, 5.74) is 1.54. The Labute approximate surface area is 168 Å². The van der Waals surface area contributed by atoms with Crippen LogP contribution in [-0.2, 0) is 16.0 Å². The summed E-state index contributed by atoms with van der Waals surface area (Å²) in [4.78, 5) is 22.5. The summed E-state index contributed by atoms with van der Waals surface area (Å²) in [5, 5.41) is 28.7. The molecule has 30 heavy (non-hydrogen) atoms. The number of nitrogens with zero attached hydrogens (tertiary/aromatic N) is 3. The Bertz CT molecular complexity index is 1230. The van der Waals surface area contributed by atoms with Gasteiger partial charge >= 0.3 is 5.97 Å². The van der Waals surface area contributed by atoms with Crippen LogP contribution in [0.25, 0.3) is 22.4 Å². The summed E-state index contributed by atoms with van der Waals surface area (Å²) in [6, 6.07) is 10.3. The first-order valence-corrected chi connectivity index (χ1v) is 8.87. The van der Waals surface area contributed by atoms with Gasteiger partial charge in [-0.15, -0.1) is 10.2 Å². The van der Waals surface area contributed by atoms with Crippen LogP contribution in [0, 0.1) is 10.1 Å². The maximum Gasteiger partial charge on any atom is 0.311 e. The minimum atomic E-state index is -0.793. The van der Waals surface area contributed by atoms with Gasteiger partial charge in [0.05, 0.1) is 17.6 Å². The van der Waals surface area contributed by atoms with E-state index in [1.165, 1.54) is 42.7 Å². The highest BCUT2D eigenvalue weighted by molar-refractivity contribution is 5.86. The fourth-order valence-corrected chi connectivity index (χ4v) is 2.89. The Morgan fingerprint density at radius 3 is 2.73 bits per heavy atom. The predicted molar refractivity (Wildman–Crippen MR) is 102 cm³/mol. The van der Waals surface area contributed by atoms with E-state index >= 15 is 0 Å². The summed E-state index contributed by atoms with van der Waals surface area (Å²) >= 11 is 0. The fourth-order valence-electron chi connectivity index (χ4n) is 2.89. The van der Waals surface area contributed by atoms with E-state index in [4.69, 9.17) is 13.6 Å². The molecule has 1 atom stereocenters. The molecule has 0 fully saturated rings. The highest BCUT2D eigenvalue weighted by Crippen LogP contribution is 2.27. The van der Waals surface area contributed by atoms with Crippen molar-refractivity contribution in [3.05, 3.63) is 70.3 Å². The topological polar surface area (TPSA) is 142 Å². The van der Waals surface area contributed by atoms with Gasteiger partial charge in [0.1, 0.15) is 11.3 Å². The average molecular weight is 409 g/mol. The number of phenols is 1. The van der Waals surface area contributed by atoms with Crippen molar-refractivity contribution in [3.63, 3.8) is 0 Å². The van der Waals surface area contributed by atoms with E-state index in [-0.39, 0.29) is 29.6 Å². The molecule has 2 aromatic carbocycles. The number of nitro groups is 1. The number of hydrogen-bond acceptors (Lipinski definition) is 9. The molecule has 0 unspecified atom stereocenters. The number of esters is 1. The highest BCUT2D eigenvalue weighted by Gasteiger charge is 2.21. The predicted octanol–water partition coefficient (Wildman–Crippen LogP) is 3.94. The highest BCUT2D eigenvalue weighted by atomic mass is 16.6. The van der Waals surface area contributed by atoms with Crippen molar-refractivity contribution in [1.29, 1.82) is 0 Å². The van der Waals surface area contributed by atoms with Gasteiger partial charge in [-0.2, -0.15) is 0 Å². The van der Waals surface area contributed by atoms with Crippen molar-refractivity contribution < 1.29 is 28.4 Å². The van der Waals surface area contributed by atoms with Gasteiger partial charge in [0.15, 0.2) is 6.10 Å². The van der Waals surface area contributed by atoms with E-state index < -0.39 is 17.0 Å². The number of non-ortho nitro benzene ring substituents is 1. The van der Waals surface area contributed by atoms with Gasteiger partial charge in [-0.25, -0.2) is 0 Å². The van der Waals surface area contributed by atoms with Crippen molar-refractivity contribution >= 4 is 22.6 Å². The van der Waals surface area contributed by atoms with E-state index in [0.29, 0.717) is 22.1 Å². The van der Waals surface area contributed by atoms with Crippen molar-refractivity contribution in [3.8, 4) is 17.2 Å². The van der Waals surface area contributed by atoms with Crippen LogP contribution >= 0.6 is 0 Å². The average Bonchev–Trinajstić information content (AvgIpc) is 3.35. The summed E-state index contributed by atoms with van der Waals surface area (Å²) in [6.45, 7) is 1.59. The van der Waals surface area contributed by atoms with Crippen LogP contribution < -0.4 is 0 Å². The monoisotopic (exact) mass is 409 g/mol. The Balaban J connectivity index is 1.43. The van der Waals surface area contributed by atoms with Crippen molar-refractivity contribution in [2.75, 3.05) is 0 Å². The third-order valence-corrected chi connectivity index (χ3v) is 4.40. The SMILES string of the molecule is C[C@@H](OC(=O)Cc1coc2cc(O)ccc12)c1nnc(-c2ccc([N+](=O)[O-])cc2)o1. The normalized spacial score (nSPS) is 12.0. The number of aromatic nitrogens is 2. The third-order valence-electron chi connectivity index (χ3n) is 4.40. The van der Waals surface area contributed by atoms with Crippen LogP contribution in [0.1, 0.15) is 24.5 Å². The Kier molecular flexibility index (Phi) is 4.88. The lowest BCUT2D eigenvalue weighted by molar-refractivity contribution is -0.384. The molecule has 0 amide bonds. The maximum absolute atomic E-state index is 12.3. The summed E-state index contributed by atoms with van der Waals surface area (Å²) in [5.74, 6) is -0.199. The molecule has 0 aliphatic rings.